The van der Waals surface area contributed by atoms with Gasteiger partial charge in [0.2, 0.25) is 0 Å². The predicted octanol–water partition coefficient (Wildman–Crippen LogP) is 6.14. The van der Waals surface area contributed by atoms with Crippen molar-refractivity contribution in [3.8, 4) is 22.6 Å². The number of hydrogen-bond donors (Lipinski definition) is 1. The van der Waals surface area contributed by atoms with Crippen LogP contribution in [0.25, 0.3) is 11.1 Å². The third-order valence-corrected chi connectivity index (χ3v) is 6.97. The standard InChI is InChI=1S/C32H25N3O12/c36-30(43-19-29-27-7-3-1-5-25(27)26-6-2-4-8-28(26)29)33-20(17-44-31(37)46-23-13-9-21(10-14-23)34(39)40)18-45-32(38)47-24-15-11-22(12-16-24)35(41)42/h1-16,20,29H,17-19H2,(H,33,36). The molecule has 15 heteroatoms. The third kappa shape index (κ3) is 8.16. The fraction of sp³-hybridized carbons (Fsp3) is 0.156. The molecule has 0 radical (unpaired) electrons. The van der Waals surface area contributed by atoms with Gasteiger partial charge in [0, 0.05) is 30.2 Å². The van der Waals surface area contributed by atoms with Crippen molar-refractivity contribution in [2.75, 3.05) is 19.8 Å². The summed E-state index contributed by atoms with van der Waals surface area (Å²) >= 11 is 0. The quantitative estimate of drug-likeness (QED) is 0.0645. The lowest BCUT2D eigenvalue weighted by Crippen LogP contribution is -2.43. The lowest BCUT2D eigenvalue weighted by Gasteiger charge is -2.20. The van der Waals surface area contributed by atoms with E-state index in [0.29, 0.717) is 0 Å². The van der Waals surface area contributed by atoms with Crippen molar-refractivity contribution >= 4 is 29.8 Å². The van der Waals surface area contributed by atoms with Gasteiger partial charge < -0.3 is 29.0 Å². The average molecular weight is 644 g/mol. The Morgan fingerprint density at radius 2 is 1.06 bits per heavy atom. The molecule has 1 aliphatic rings. The highest BCUT2D eigenvalue weighted by molar-refractivity contribution is 5.79. The van der Waals surface area contributed by atoms with Crippen LogP contribution in [0.1, 0.15) is 17.0 Å². The zero-order chi connectivity index (χ0) is 33.3. The van der Waals surface area contributed by atoms with Gasteiger partial charge in [0.1, 0.15) is 37.4 Å². The summed E-state index contributed by atoms with van der Waals surface area (Å²) in [6, 6.07) is 23.7. The number of rotatable bonds is 11. The molecule has 5 rings (SSSR count). The molecule has 15 nitrogen and oxygen atoms in total. The summed E-state index contributed by atoms with van der Waals surface area (Å²) < 4.78 is 25.7. The minimum Gasteiger partial charge on any atom is -0.449 e. The van der Waals surface area contributed by atoms with Gasteiger partial charge in [0.25, 0.3) is 11.4 Å². The van der Waals surface area contributed by atoms with Gasteiger partial charge in [0.05, 0.1) is 9.85 Å². The zero-order valence-corrected chi connectivity index (χ0v) is 24.3. The zero-order valence-electron chi connectivity index (χ0n) is 24.3. The smallest absolute Gasteiger partial charge is 0.449 e. The van der Waals surface area contributed by atoms with Crippen LogP contribution in [0.15, 0.2) is 97.1 Å². The molecule has 0 saturated heterocycles. The molecule has 4 aromatic rings. The van der Waals surface area contributed by atoms with Crippen LogP contribution in [0, 0.1) is 20.2 Å². The Morgan fingerprint density at radius 3 is 1.49 bits per heavy atom. The van der Waals surface area contributed by atoms with Gasteiger partial charge in [-0.15, -0.1) is 0 Å². The molecular weight excluding hydrogens is 618 g/mol. The maximum absolute atomic E-state index is 12.9. The normalized spacial score (nSPS) is 11.5. The Balaban J connectivity index is 1.20. The molecule has 0 bridgehead atoms. The van der Waals surface area contributed by atoms with Crippen LogP contribution in [0.3, 0.4) is 0 Å². The molecule has 47 heavy (non-hydrogen) atoms. The van der Waals surface area contributed by atoms with E-state index in [2.05, 4.69) is 5.32 Å². The number of ether oxygens (including phenoxy) is 5. The van der Waals surface area contributed by atoms with Crippen LogP contribution in [0.2, 0.25) is 0 Å². The number of carbonyl (C=O) groups is 3. The maximum Gasteiger partial charge on any atom is 0.513 e. The molecule has 0 aromatic heterocycles. The number of amides is 1. The summed E-state index contributed by atoms with van der Waals surface area (Å²) in [6.45, 7) is -1.10. The minimum atomic E-state index is -1.20. The Bertz CT molecular complexity index is 1670. The maximum atomic E-state index is 12.9. The summed E-state index contributed by atoms with van der Waals surface area (Å²) in [5.41, 5.74) is 3.64. The second kappa shape index (κ2) is 14.5. The Labute approximate surface area is 265 Å². The van der Waals surface area contributed by atoms with Gasteiger partial charge >= 0.3 is 18.4 Å². The average Bonchev–Trinajstić information content (AvgIpc) is 3.39. The largest absolute Gasteiger partial charge is 0.513 e. The number of fused-ring (bicyclic) bond motifs is 3. The minimum absolute atomic E-state index is 0.0152. The first-order chi connectivity index (χ1) is 22.7. The first kappa shape index (κ1) is 31.9. The molecule has 0 spiro atoms. The molecule has 0 unspecified atom stereocenters. The highest BCUT2D eigenvalue weighted by Crippen LogP contribution is 2.44. The number of nitrogens with zero attached hydrogens (tertiary/aromatic N) is 2. The SMILES string of the molecule is O=C(NC(COC(=O)Oc1ccc([N+](=O)[O-])cc1)COC(=O)Oc1ccc([N+](=O)[O-])cc1)OCC1c2ccccc2-c2ccccc21. The first-order valence-electron chi connectivity index (χ1n) is 14.0. The summed E-state index contributed by atoms with van der Waals surface area (Å²) in [6.07, 6.45) is -3.30. The lowest BCUT2D eigenvalue weighted by atomic mass is 9.98. The molecule has 4 aromatic carbocycles. The van der Waals surface area contributed by atoms with Gasteiger partial charge in [-0.25, -0.2) is 14.4 Å². The number of nitro groups is 2. The van der Waals surface area contributed by atoms with Crippen LogP contribution in [-0.4, -0.2) is 54.1 Å². The van der Waals surface area contributed by atoms with Gasteiger partial charge in [-0.05, 0) is 46.5 Å². The molecule has 1 N–H and O–H groups in total. The Morgan fingerprint density at radius 1 is 0.638 bits per heavy atom. The first-order valence-corrected chi connectivity index (χ1v) is 14.0. The summed E-state index contributed by atoms with van der Waals surface area (Å²) in [5.74, 6) is -0.304. The van der Waals surface area contributed by atoms with Gasteiger partial charge in [-0.3, -0.25) is 20.2 Å². The monoisotopic (exact) mass is 643 g/mol. The topological polar surface area (TPSA) is 196 Å². The summed E-state index contributed by atoms with van der Waals surface area (Å²) in [7, 11) is 0. The van der Waals surface area contributed by atoms with Crippen molar-refractivity contribution in [1.29, 1.82) is 0 Å². The molecule has 0 heterocycles. The number of carbonyl (C=O) groups excluding carboxylic acids is 3. The number of hydrogen-bond acceptors (Lipinski definition) is 12. The van der Waals surface area contributed by atoms with Crippen LogP contribution in [0.4, 0.5) is 25.8 Å². The van der Waals surface area contributed by atoms with Crippen molar-refractivity contribution in [1.82, 2.24) is 5.32 Å². The fourth-order valence-corrected chi connectivity index (χ4v) is 4.80. The van der Waals surface area contributed by atoms with Crippen LogP contribution < -0.4 is 14.8 Å². The van der Waals surface area contributed by atoms with E-state index in [1.165, 1.54) is 24.3 Å². The number of nitrogens with one attached hydrogen (secondary N) is 1. The van der Waals surface area contributed by atoms with E-state index in [1.807, 2.05) is 48.5 Å². The molecule has 1 amide bonds. The molecule has 0 aliphatic heterocycles. The van der Waals surface area contributed by atoms with Crippen LogP contribution in [-0.2, 0) is 14.2 Å². The number of benzene rings is 4. The predicted molar refractivity (Wildman–Crippen MR) is 162 cm³/mol. The number of nitro benzene ring substituents is 2. The van der Waals surface area contributed by atoms with Crippen molar-refractivity contribution in [3.05, 3.63) is 128 Å². The second-order valence-electron chi connectivity index (χ2n) is 9.99. The van der Waals surface area contributed by atoms with Crippen molar-refractivity contribution < 1.29 is 47.9 Å². The van der Waals surface area contributed by atoms with E-state index in [4.69, 9.17) is 23.7 Å². The van der Waals surface area contributed by atoms with E-state index in [0.717, 1.165) is 46.5 Å². The van der Waals surface area contributed by atoms with Crippen molar-refractivity contribution in [2.24, 2.45) is 0 Å². The van der Waals surface area contributed by atoms with Crippen LogP contribution >= 0.6 is 0 Å². The number of non-ortho nitro benzene ring substituents is 2. The van der Waals surface area contributed by atoms with E-state index in [9.17, 15) is 34.6 Å². The van der Waals surface area contributed by atoms with E-state index < -0.39 is 47.5 Å². The van der Waals surface area contributed by atoms with Crippen LogP contribution in [0.5, 0.6) is 11.5 Å². The van der Waals surface area contributed by atoms with E-state index >= 15 is 0 Å². The molecule has 0 atom stereocenters. The highest BCUT2D eigenvalue weighted by atomic mass is 16.7. The Kier molecular flexibility index (Phi) is 9.85. The summed E-state index contributed by atoms with van der Waals surface area (Å²) in [5, 5.41) is 24.2. The number of alkyl carbamates (subject to hydrolysis) is 1. The highest BCUT2D eigenvalue weighted by Gasteiger charge is 2.29. The van der Waals surface area contributed by atoms with E-state index in [-0.39, 0.29) is 35.4 Å². The molecule has 240 valence electrons. The molecular formula is C32H25N3O12. The lowest BCUT2D eigenvalue weighted by molar-refractivity contribution is -0.385. The molecule has 1 aliphatic carbocycles. The Hall–Kier alpha value is -6.51. The van der Waals surface area contributed by atoms with Crippen molar-refractivity contribution in [3.63, 3.8) is 0 Å². The molecule has 0 saturated carbocycles. The van der Waals surface area contributed by atoms with Crippen molar-refractivity contribution in [2.45, 2.75) is 12.0 Å². The molecule has 0 fully saturated rings. The van der Waals surface area contributed by atoms with Gasteiger partial charge in [-0.1, -0.05) is 48.5 Å². The second-order valence-corrected chi connectivity index (χ2v) is 9.99. The summed E-state index contributed by atoms with van der Waals surface area (Å²) in [4.78, 5) is 58.0. The fourth-order valence-electron chi connectivity index (χ4n) is 4.80. The third-order valence-electron chi connectivity index (χ3n) is 6.97. The van der Waals surface area contributed by atoms with Gasteiger partial charge in [0.15, 0.2) is 0 Å². The van der Waals surface area contributed by atoms with Gasteiger partial charge in [-0.2, -0.15) is 0 Å². The van der Waals surface area contributed by atoms with E-state index in [1.54, 1.807) is 0 Å².